The number of hydrogen-bond donors (Lipinski definition) is 2. The molecule has 5 aromatic carbocycles. The molecule has 0 aliphatic carbocycles. The standard InChI is InChI=1S/C22H12N2O2/c25-11-4-6-15-17(8-11)13-2-1-3-14-18-9-12(26)5-7-16(18)22-20(19(13)14)21(15)23-10-24-22/h1-10,25-26H. The molecule has 0 radical (unpaired) electrons. The molecular weight excluding hydrogens is 324 g/mol. The van der Waals surface area contributed by atoms with Gasteiger partial charge in [-0.2, -0.15) is 0 Å². The highest BCUT2D eigenvalue weighted by atomic mass is 16.3. The minimum Gasteiger partial charge on any atom is -0.508 e. The van der Waals surface area contributed by atoms with Crippen molar-refractivity contribution in [2.75, 3.05) is 0 Å². The largest absolute Gasteiger partial charge is 0.508 e. The lowest BCUT2D eigenvalue weighted by Crippen LogP contribution is -1.93. The average molecular weight is 336 g/mol. The number of aromatic hydroxyl groups is 2. The lowest BCUT2D eigenvalue weighted by Gasteiger charge is -2.16. The van der Waals surface area contributed by atoms with Crippen LogP contribution < -0.4 is 0 Å². The molecule has 4 heteroatoms. The summed E-state index contributed by atoms with van der Waals surface area (Å²) < 4.78 is 0. The molecule has 0 bridgehead atoms. The second-order valence-corrected chi connectivity index (χ2v) is 6.63. The molecule has 0 unspecified atom stereocenters. The maximum Gasteiger partial charge on any atom is 0.116 e. The Hall–Kier alpha value is -3.66. The summed E-state index contributed by atoms with van der Waals surface area (Å²) in [6.07, 6.45) is 1.58. The second-order valence-electron chi connectivity index (χ2n) is 6.63. The number of fused-ring (bicyclic) bond motifs is 6. The monoisotopic (exact) mass is 336 g/mol. The van der Waals surface area contributed by atoms with E-state index in [1.54, 1.807) is 30.6 Å². The fraction of sp³-hybridized carbons (Fsp3) is 0. The van der Waals surface area contributed by atoms with Crippen molar-refractivity contribution in [3.05, 3.63) is 60.9 Å². The minimum absolute atomic E-state index is 0.230. The number of benzene rings is 5. The maximum absolute atomic E-state index is 10.0. The molecule has 2 N–H and O–H groups in total. The third kappa shape index (κ3) is 1.54. The van der Waals surface area contributed by atoms with E-state index in [2.05, 4.69) is 22.1 Å². The van der Waals surface area contributed by atoms with Gasteiger partial charge in [0, 0.05) is 21.5 Å². The van der Waals surface area contributed by atoms with E-state index >= 15 is 0 Å². The summed E-state index contributed by atoms with van der Waals surface area (Å²) in [5.74, 6) is 0.459. The highest BCUT2D eigenvalue weighted by Crippen LogP contribution is 2.44. The first-order valence-electron chi connectivity index (χ1n) is 8.38. The number of nitrogens with zero attached hydrogens (tertiary/aromatic N) is 2. The van der Waals surface area contributed by atoms with Crippen LogP contribution in [0.2, 0.25) is 0 Å². The van der Waals surface area contributed by atoms with Crippen molar-refractivity contribution >= 4 is 54.1 Å². The number of rotatable bonds is 0. The van der Waals surface area contributed by atoms with E-state index in [0.29, 0.717) is 0 Å². The fourth-order valence-corrected chi connectivity index (χ4v) is 4.22. The van der Waals surface area contributed by atoms with Gasteiger partial charge in [-0.15, -0.1) is 0 Å². The Bertz CT molecular complexity index is 1400. The van der Waals surface area contributed by atoms with E-state index in [1.807, 2.05) is 18.2 Å². The minimum atomic E-state index is 0.230. The van der Waals surface area contributed by atoms with Gasteiger partial charge in [-0.05, 0) is 57.9 Å². The molecule has 122 valence electrons. The summed E-state index contributed by atoms with van der Waals surface area (Å²) in [4.78, 5) is 9.15. The van der Waals surface area contributed by atoms with Crippen molar-refractivity contribution in [2.24, 2.45) is 0 Å². The van der Waals surface area contributed by atoms with Crippen LogP contribution in [-0.4, -0.2) is 20.2 Å². The summed E-state index contributed by atoms with van der Waals surface area (Å²) >= 11 is 0. The van der Waals surface area contributed by atoms with Crippen molar-refractivity contribution in [3.8, 4) is 11.5 Å². The first-order chi connectivity index (χ1) is 12.7. The molecule has 0 fully saturated rings. The number of aromatic nitrogens is 2. The quantitative estimate of drug-likeness (QED) is 0.299. The number of phenolic OH excluding ortho intramolecular Hbond substituents is 2. The molecule has 0 atom stereocenters. The summed E-state index contributed by atoms with van der Waals surface area (Å²) in [5.41, 5.74) is 1.76. The zero-order valence-corrected chi connectivity index (χ0v) is 13.6. The zero-order valence-electron chi connectivity index (χ0n) is 13.6. The van der Waals surface area contributed by atoms with E-state index < -0.39 is 0 Å². The van der Waals surface area contributed by atoms with Crippen molar-refractivity contribution in [2.45, 2.75) is 0 Å². The van der Waals surface area contributed by atoms with Crippen LogP contribution in [0.25, 0.3) is 54.1 Å². The molecule has 0 spiro atoms. The average Bonchev–Trinajstić information content (AvgIpc) is 2.67. The molecule has 0 aliphatic rings. The van der Waals surface area contributed by atoms with Gasteiger partial charge in [0.1, 0.15) is 17.8 Å². The van der Waals surface area contributed by atoms with Crippen LogP contribution in [0.15, 0.2) is 60.9 Å². The molecule has 6 aromatic rings. The third-order valence-electron chi connectivity index (χ3n) is 5.26. The first-order valence-corrected chi connectivity index (χ1v) is 8.38. The second kappa shape index (κ2) is 4.49. The fourth-order valence-electron chi connectivity index (χ4n) is 4.22. The lowest BCUT2D eigenvalue weighted by atomic mass is 9.89. The van der Waals surface area contributed by atoms with E-state index in [-0.39, 0.29) is 11.5 Å². The van der Waals surface area contributed by atoms with Crippen LogP contribution in [0.3, 0.4) is 0 Å². The lowest BCUT2D eigenvalue weighted by molar-refractivity contribution is 0.475. The Labute approximate surface area is 147 Å². The normalized spacial score (nSPS) is 12.2. The van der Waals surface area contributed by atoms with Gasteiger partial charge in [0.05, 0.1) is 11.0 Å². The molecule has 1 heterocycles. The molecule has 6 rings (SSSR count). The summed E-state index contributed by atoms with van der Waals surface area (Å²) in [6.45, 7) is 0. The van der Waals surface area contributed by atoms with E-state index in [4.69, 9.17) is 0 Å². The van der Waals surface area contributed by atoms with E-state index in [1.165, 1.54) is 0 Å². The SMILES string of the molecule is Oc1ccc2c(c1)c1cccc3c4cc(O)ccc4c4ncnc2c4c13. The third-order valence-corrected chi connectivity index (χ3v) is 5.26. The van der Waals surface area contributed by atoms with Crippen molar-refractivity contribution in [3.63, 3.8) is 0 Å². The van der Waals surface area contributed by atoms with Gasteiger partial charge < -0.3 is 10.2 Å². The number of phenols is 2. The Morgan fingerprint density at radius 3 is 1.62 bits per heavy atom. The zero-order chi connectivity index (χ0) is 17.4. The van der Waals surface area contributed by atoms with Gasteiger partial charge in [-0.1, -0.05) is 18.2 Å². The number of hydrogen-bond acceptors (Lipinski definition) is 4. The molecule has 0 aliphatic heterocycles. The predicted molar refractivity (Wildman–Crippen MR) is 104 cm³/mol. The maximum atomic E-state index is 10.0. The van der Waals surface area contributed by atoms with Crippen LogP contribution in [-0.2, 0) is 0 Å². The molecule has 0 saturated heterocycles. The van der Waals surface area contributed by atoms with Gasteiger partial charge in [0.25, 0.3) is 0 Å². The van der Waals surface area contributed by atoms with Crippen LogP contribution >= 0.6 is 0 Å². The van der Waals surface area contributed by atoms with Crippen molar-refractivity contribution in [1.82, 2.24) is 9.97 Å². The van der Waals surface area contributed by atoms with Crippen LogP contribution in [0.1, 0.15) is 0 Å². The molecule has 26 heavy (non-hydrogen) atoms. The van der Waals surface area contributed by atoms with E-state index in [0.717, 1.165) is 54.1 Å². The van der Waals surface area contributed by atoms with E-state index in [9.17, 15) is 10.2 Å². The van der Waals surface area contributed by atoms with Crippen molar-refractivity contribution in [1.29, 1.82) is 0 Å². The highest BCUT2D eigenvalue weighted by Gasteiger charge is 2.18. The summed E-state index contributed by atoms with van der Waals surface area (Å²) in [7, 11) is 0. The van der Waals surface area contributed by atoms with Crippen LogP contribution in [0.5, 0.6) is 11.5 Å². The smallest absolute Gasteiger partial charge is 0.116 e. The van der Waals surface area contributed by atoms with Gasteiger partial charge in [0.15, 0.2) is 0 Å². The highest BCUT2D eigenvalue weighted by molar-refractivity contribution is 6.38. The predicted octanol–water partition coefficient (Wildman–Crippen LogP) is 5.09. The van der Waals surface area contributed by atoms with Gasteiger partial charge in [-0.3, -0.25) is 0 Å². The Morgan fingerprint density at radius 2 is 1.08 bits per heavy atom. The molecule has 1 aromatic heterocycles. The Morgan fingerprint density at radius 1 is 0.538 bits per heavy atom. The van der Waals surface area contributed by atoms with Gasteiger partial charge in [0.2, 0.25) is 0 Å². The van der Waals surface area contributed by atoms with Gasteiger partial charge >= 0.3 is 0 Å². The van der Waals surface area contributed by atoms with Gasteiger partial charge in [-0.25, -0.2) is 9.97 Å². The van der Waals surface area contributed by atoms with Crippen LogP contribution in [0, 0.1) is 0 Å². The molecule has 4 nitrogen and oxygen atoms in total. The summed E-state index contributed by atoms with van der Waals surface area (Å²) in [6, 6.07) is 16.9. The first kappa shape index (κ1) is 13.6. The van der Waals surface area contributed by atoms with Crippen LogP contribution in [0.4, 0.5) is 0 Å². The molecule has 0 saturated carbocycles. The Kier molecular flexibility index (Phi) is 2.35. The Balaban J connectivity index is 2.10. The molecule has 0 amide bonds. The molecular formula is C22H12N2O2. The topological polar surface area (TPSA) is 66.2 Å². The summed E-state index contributed by atoms with van der Waals surface area (Å²) in [5, 5.41) is 28.1. The van der Waals surface area contributed by atoms with Crippen molar-refractivity contribution < 1.29 is 10.2 Å².